The van der Waals surface area contributed by atoms with Gasteiger partial charge in [-0.1, -0.05) is 25.5 Å². The van der Waals surface area contributed by atoms with Crippen LogP contribution < -0.4 is 10.7 Å². The zero-order chi connectivity index (χ0) is 13.8. The first kappa shape index (κ1) is 13.3. The van der Waals surface area contributed by atoms with Crippen molar-refractivity contribution in [3.8, 4) is 0 Å². The lowest BCUT2D eigenvalue weighted by Crippen LogP contribution is -2.32. The molecule has 0 bridgehead atoms. The Morgan fingerprint density at radius 3 is 2.84 bits per heavy atom. The number of aryl methyl sites for hydroxylation is 1. The summed E-state index contributed by atoms with van der Waals surface area (Å²) in [4.78, 5) is 24.2. The Morgan fingerprint density at radius 2 is 2.11 bits per heavy atom. The standard InChI is InChI=1S/C14H17N3O2/c1-3-4-9-15-14(19)12-13(18)10-7-5-6-8-11(10)17(2)16-12/h5-8H,3-4,9H2,1-2H3,(H,15,19). The monoisotopic (exact) mass is 259 g/mol. The molecule has 1 heterocycles. The van der Waals surface area contributed by atoms with Gasteiger partial charge in [0.05, 0.1) is 5.52 Å². The van der Waals surface area contributed by atoms with Crippen LogP contribution in [0.3, 0.4) is 0 Å². The number of amides is 1. The number of unbranched alkanes of at least 4 members (excludes halogenated alkanes) is 1. The van der Waals surface area contributed by atoms with Gasteiger partial charge in [-0.15, -0.1) is 0 Å². The van der Waals surface area contributed by atoms with Crippen LogP contribution in [0.25, 0.3) is 10.9 Å². The third kappa shape index (κ3) is 2.65. The van der Waals surface area contributed by atoms with Crippen molar-refractivity contribution in [3.63, 3.8) is 0 Å². The Hall–Kier alpha value is -2.17. The summed E-state index contributed by atoms with van der Waals surface area (Å²) < 4.78 is 1.56. The van der Waals surface area contributed by atoms with Crippen LogP contribution in [0.1, 0.15) is 30.3 Å². The summed E-state index contributed by atoms with van der Waals surface area (Å²) in [7, 11) is 1.73. The molecular formula is C14H17N3O2. The Labute approximate surface area is 111 Å². The summed E-state index contributed by atoms with van der Waals surface area (Å²) in [6.45, 7) is 2.60. The molecule has 0 spiro atoms. The van der Waals surface area contributed by atoms with E-state index in [-0.39, 0.29) is 11.1 Å². The maximum atomic E-state index is 12.2. The molecule has 0 saturated heterocycles. The Balaban J connectivity index is 2.42. The number of aromatic nitrogens is 2. The van der Waals surface area contributed by atoms with Gasteiger partial charge in [0.15, 0.2) is 5.69 Å². The van der Waals surface area contributed by atoms with Crippen LogP contribution in [0.4, 0.5) is 0 Å². The minimum atomic E-state index is -0.403. The third-order valence-electron chi connectivity index (χ3n) is 2.99. The molecule has 2 aromatic rings. The largest absolute Gasteiger partial charge is 0.351 e. The van der Waals surface area contributed by atoms with Crippen LogP contribution in [0.15, 0.2) is 29.1 Å². The predicted molar refractivity (Wildman–Crippen MR) is 74.2 cm³/mol. The fourth-order valence-electron chi connectivity index (χ4n) is 1.94. The molecule has 5 heteroatoms. The Bertz CT molecular complexity index is 661. The van der Waals surface area contributed by atoms with Gasteiger partial charge in [0.1, 0.15) is 0 Å². The number of nitrogens with zero attached hydrogens (tertiary/aromatic N) is 2. The third-order valence-corrected chi connectivity index (χ3v) is 2.99. The van der Waals surface area contributed by atoms with Gasteiger partial charge in [-0.3, -0.25) is 14.3 Å². The van der Waals surface area contributed by atoms with Gasteiger partial charge >= 0.3 is 0 Å². The van der Waals surface area contributed by atoms with E-state index in [1.54, 1.807) is 23.9 Å². The van der Waals surface area contributed by atoms with Gasteiger partial charge in [-0.2, -0.15) is 5.10 Å². The van der Waals surface area contributed by atoms with Gasteiger partial charge < -0.3 is 5.32 Å². The zero-order valence-electron chi connectivity index (χ0n) is 11.1. The van der Waals surface area contributed by atoms with Crippen molar-refractivity contribution in [1.29, 1.82) is 0 Å². The Kier molecular flexibility index (Phi) is 3.94. The first-order valence-corrected chi connectivity index (χ1v) is 6.39. The summed E-state index contributed by atoms with van der Waals surface area (Å²) >= 11 is 0. The second-order valence-corrected chi connectivity index (χ2v) is 4.43. The quantitative estimate of drug-likeness (QED) is 0.845. The first-order chi connectivity index (χ1) is 9.15. The van der Waals surface area contributed by atoms with Crippen molar-refractivity contribution < 1.29 is 4.79 Å². The van der Waals surface area contributed by atoms with Gasteiger partial charge in [0.2, 0.25) is 5.43 Å². The van der Waals surface area contributed by atoms with E-state index >= 15 is 0 Å². The molecule has 0 atom stereocenters. The molecule has 5 nitrogen and oxygen atoms in total. The van der Waals surface area contributed by atoms with Crippen LogP contribution >= 0.6 is 0 Å². The number of carbonyl (C=O) groups is 1. The molecule has 1 amide bonds. The molecule has 100 valence electrons. The number of hydrogen-bond donors (Lipinski definition) is 1. The van der Waals surface area contributed by atoms with Crippen LogP contribution in [0, 0.1) is 0 Å². The highest BCUT2D eigenvalue weighted by molar-refractivity contribution is 5.95. The molecule has 0 unspecified atom stereocenters. The minimum Gasteiger partial charge on any atom is -0.351 e. The SMILES string of the molecule is CCCCNC(=O)c1nn(C)c2ccccc2c1=O. The second kappa shape index (κ2) is 5.65. The zero-order valence-corrected chi connectivity index (χ0v) is 11.1. The maximum absolute atomic E-state index is 12.2. The average Bonchev–Trinajstić information content (AvgIpc) is 2.43. The number of nitrogens with one attached hydrogen (secondary N) is 1. The molecule has 0 aliphatic rings. The predicted octanol–water partition coefficient (Wildman–Crippen LogP) is 1.46. The number of para-hydroxylation sites is 1. The van der Waals surface area contributed by atoms with E-state index in [2.05, 4.69) is 10.4 Å². The summed E-state index contributed by atoms with van der Waals surface area (Å²) in [6.07, 6.45) is 1.88. The van der Waals surface area contributed by atoms with Crippen molar-refractivity contribution in [1.82, 2.24) is 15.1 Å². The van der Waals surface area contributed by atoms with E-state index in [0.717, 1.165) is 18.4 Å². The number of hydrogen-bond acceptors (Lipinski definition) is 3. The van der Waals surface area contributed by atoms with Crippen LogP contribution in [0.5, 0.6) is 0 Å². The molecule has 1 aromatic carbocycles. The minimum absolute atomic E-state index is 0.0442. The topological polar surface area (TPSA) is 64.0 Å². The normalized spacial score (nSPS) is 10.6. The van der Waals surface area contributed by atoms with E-state index in [0.29, 0.717) is 11.9 Å². The van der Waals surface area contributed by atoms with E-state index in [9.17, 15) is 9.59 Å². The number of carbonyl (C=O) groups excluding carboxylic acids is 1. The van der Waals surface area contributed by atoms with Crippen LogP contribution in [-0.2, 0) is 7.05 Å². The second-order valence-electron chi connectivity index (χ2n) is 4.43. The van der Waals surface area contributed by atoms with Gasteiger partial charge in [-0.05, 0) is 18.6 Å². The number of benzene rings is 1. The van der Waals surface area contributed by atoms with Crippen LogP contribution in [-0.4, -0.2) is 22.2 Å². The lowest BCUT2D eigenvalue weighted by molar-refractivity contribution is 0.0945. The van der Waals surface area contributed by atoms with E-state index in [1.807, 2.05) is 19.1 Å². The number of rotatable bonds is 4. The summed E-state index contributed by atoms with van der Waals surface area (Å²) in [6, 6.07) is 7.14. The summed E-state index contributed by atoms with van der Waals surface area (Å²) in [5.41, 5.74) is 0.359. The lowest BCUT2D eigenvalue weighted by atomic mass is 10.2. The van der Waals surface area contributed by atoms with Crippen molar-refractivity contribution in [2.75, 3.05) is 6.54 Å². The molecule has 1 aromatic heterocycles. The van der Waals surface area contributed by atoms with E-state index < -0.39 is 5.91 Å². The summed E-state index contributed by atoms with van der Waals surface area (Å²) in [5.74, 6) is -0.403. The molecule has 2 rings (SSSR count). The first-order valence-electron chi connectivity index (χ1n) is 6.39. The molecule has 0 radical (unpaired) electrons. The van der Waals surface area contributed by atoms with Crippen molar-refractivity contribution in [2.24, 2.45) is 7.05 Å². The highest BCUT2D eigenvalue weighted by Crippen LogP contribution is 2.07. The van der Waals surface area contributed by atoms with Crippen molar-refractivity contribution in [3.05, 3.63) is 40.2 Å². The molecule has 0 saturated carbocycles. The van der Waals surface area contributed by atoms with Crippen molar-refractivity contribution >= 4 is 16.8 Å². The molecule has 1 N–H and O–H groups in total. The molecule has 0 fully saturated rings. The van der Waals surface area contributed by atoms with E-state index in [1.165, 1.54) is 0 Å². The number of fused-ring (bicyclic) bond motifs is 1. The van der Waals surface area contributed by atoms with Crippen molar-refractivity contribution in [2.45, 2.75) is 19.8 Å². The van der Waals surface area contributed by atoms with Gasteiger partial charge in [0.25, 0.3) is 5.91 Å². The molecule has 0 aliphatic heterocycles. The fraction of sp³-hybridized carbons (Fsp3) is 0.357. The van der Waals surface area contributed by atoms with E-state index in [4.69, 9.17) is 0 Å². The highest BCUT2D eigenvalue weighted by Gasteiger charge is 2.15. The van der Waals surface area contributed by atoms with Gasteiger partial charge in [-0.25, -0.2) is 0 Å². The fourth-order valence-corrected chi connectivity index (χ4v) is 1.94. The smallest absolute Gasteiger partial charge is 0.275 e. The highest BCUT2D eigenvalue weighted by atomic mass is 16.2. The van der Waals surface area contributed by atoms with Gasteiger partial charge in [0, 0.05) is 19.0 Å². The average molecular weight is 259 g/mol. The van der Waals surface area contributed by atoms with Crippen LogP contribution in [0.2, 0.25) is 0 Å². The molecule has 0 aliphatic carbocycles. The maximum Gasteiger partial charge on any atom is 0.275 e. The lowest BCUT2D eigenvalue weighted by Gasteiger charge is -2.07. The summed E-state index contributed by atoms with van der Waals surface area (Å²) in [5, 5.41) is 7.30. The molecule has 19 heavy (non-hydrogen) atoms. The Morgan fingerprint density at radius 1 is 1.37 bits per heavy atom. The molecular weight excluding hydrogens is 242 g/mol.